The smallest absolute Gasteiger partial charge is 0.0964 e. The van der Waals surface area contributed by atoms with Crippen molar-refractivity contribution in [2.75, 3.05) is 19.5 Å². The SMILES string of the molecule is COCCSc1ccc(Br)c(C)n1. The van der Waals surface area contributed by atoms with Crippen LogP contribution in [-0.2, 0) is 4.74 Å². The summed E-state index contributed by atoms with van der Waals surface area (Å²) in [5.41, 5.74) is 1.03. The van der Waals surface area contributed by atoms with Crippen LogP contribution in [0.2, 0.25) is 0 Å². The van der Waals surface area contributed by atoms with Gasteiger partial charge in [-0.2, -0.15) is 0 Å². The fourth-order valence-corrected chi connectivity index (χ4v) is 1.88. The molecule has 0 aliphatic carbocycles. The molecule has 0 N–H and O–H groups in total. The fourth-order valence-electron chi connectivity index (χ4n) is 0.831. The predicted molar refractivity (Wildman–Crippen MR) is 59.3 cm³/mol. The molecule has 0 atom stereocenters. The molecular formula is C9H12BrNOS. The molecule has 72 valence electrons. The van der Waals surface area contributed by atoms with Gasteiger partial charge in [-0.15, -0.1) is 11.8 Å². The number of thioether (sulfide) groups is 1. The van der Waals surface area contributed by atoms with Gasteiger partial charge in [0.05, 0.1) is 17.3 Å². The Balaban J connectivity index is 2.53. The summed E-state index contributed by atoms with van der Waals surface area (Å²) in [5, 5.41) is 1.05. The van der Waals surface area contributed by atoms with Gasteiger partial charge in [-0.05, 0) is 35.0 Å². The fraction of sp³-hybridized carbons (Fsp3) is 0.444. The molecule has 0 aromatic carbocycles. The normalized spacial score (nSPS) is 10.4. The van der Waals surface area contributed by atoms with Crippen molar-refractivity contribution in [2.24, 2.45) is 0 Å². The van der Waals surface area contributed by atoms with E-state index >= 15 is 0 Å². The lowest BCUT2D eigenvalue weighted by molar-refractivity contribution is 0.218. The lowest BCUT2D eigenvalue weighted by atomic mass is 10.4. The summed E-state index contributed by atoms with van der Waals surface area (Å²) in [7, 11) is 1.71. The molecule has 0 saturated heterocycles. The van der Waals surface area contributed by atoms with E-state index in [4.69, 9.17) is 4.74 Å². The van der Waals surface area contributed by atoms with Gasteiger partial charge in [0.2, 0.25) is 0 Å². The zero-order valence-electron chi connectivity index (χ0n) is 7.71. The monoisotopic (exact) mass is 261 g/mol. The van der Waals surface area contributed by atoms with Crippen LogP contribution < -0.4 is 0 Å². The molecule has 0 radical (unpaired) electrons. The molecule has 2 nitrogen and oxygen atoms in total. The summed E-state index contributed by atoms with van der Waals surface area (Å²) in [4.78, 5) is 4.41. The number of aryl methyl sites for hydroxylation is 1. The summed E-state index contributed by atoms with van der Waals surface area (Å²) in [6.07, 6.45) is 0. The van der Waals surface area contributed by atoms with Gasteiger partial charge in [-0.25, -0.2) is 4.98 Å². The highest BCUT2D eigenvalue weighted by Crippen LogP contribution is 2.20. The minimum Gasteiger partial charge on any atom is -0.384 e. The van der Waals surface area contributed by atoms with Crippen LogP contribution in [0.4, 0.5) is 0 Å². The summed E-state index contributed by atoms with van der Waals surface area (Å²) in [6.45, 7) is 2.76. The summed E-state index contributed by atoms with van der Waals surface area (Å²) >= 11 is 5.13. The average Bonchev–Trinajstić information content (AvgIpc) is 2.12. The number of halogens is 1. The first-order chi connectivity index (χ1) is 6.24. The Hall–Kier alpha value is -0.0600. The first-order valence-corrected chi connectivity index (χ1v) is 5.77. The quantitative estimate of drug-likeness (QED) is 0.615. The van der Waals surface area contributed by atoms with E-state index in [1.54, 1.807) is 18.9 Å². The number of ether oxygens (including phenoxy) is 1. The number of hydrogen-bond donors (Lipinski definition) is 0. The minimum atomic E-state index is 0.765. The van der Waals surface area contributed by atoms with E-state index in [2.05, 4.69) is 20.9 Å². The molecular weight excluding hydrogens is 250 g/mol. The van der Waals surface area contributed by atoms with Crippen molar-refractivity contribution in [3.63, 3.8) is 0 Å². The van der Waals surface area contributed by atoms with Crippen molar-refractivity contribution in [3.05, 3.63) is 22.3 Å². The molecule has 13 heavy (non-hydrogen) atoms. The van der Waals surface area contributed by atoms with Crippen molar-refractivity contribution in [1.82, 2.24) is 4.98 Å². The molecule has 0 saturated carbocycles. The number of aromatic nitrogens is 1. The Morgan fingerprint density at radius 3 is 2.92 bits per heavy atom. The second-order valence-corrected chi connectivity index (χ2v) is 4.53. The maximum atomic E-state index is 4.96. The molecule has 1 aromatic rings. The topological polar surface area (TPSA) is 22.1 Å². The van der Waals surface area contributed by atoms with Crippen LogP contribution in [0.15, 0.2) is 21.6 Å². The summed E-state index contributed by atoms with van der Waals surface area (Å²) < 4.78 is 6.02. The van der Waals surface area contributed by atoms with E-state index in [0.29, 0.717) is 0 Å². The van der Waals surface area contributed by atoms with E-state index in [0.717, 1.165) is 27.6 Å². The van der Waals surface area contributed by atoms with Gasteiger partial charge in [0.15, 0.2) is 0 Å². The molecule has 0 fully saturated rings. The van der Waals surface area contributed by atoms with Crippen molar-refractivity contribution in [1.29, 1.82) is 0 Å². The van der Waals surface area contributed by atoms with Crippen LogP contribution in [0, 0.1) is 6.92 Å². The van der Waals surface area contributed by atoms with Gasteiger partial charge >= 0.3 is 0 Å². The van der Waals surface area contributed by atoms with E-state index in [9.17, 15) is 0 Å². The Kier molecular flexibility index (Phi) is 4.77. The molecule has 1 aromatic heterocycles. The third kappa shape index (κ3) is 3.67. The highest BCUT2D eigenvalue weighted by molar-refractivity contribution is 9.10. The number of rotatable bonds is 4. The van der Waals surface area contributed by atoms with Gasteiger partial charge in [0.25, 0.3) is 0 Å². The second-order valence-electron chi connectivity index (χ2n) is 2.56. The van der Waals surface area contributed by atoms with Crippen molar-refractivity contribution in [3.8, 4) is 0 Å². The molecule has 4 heteroatoms. The Morgan fingerprint density at radius 1 is 1.54 bits per heavy atom. The Morgan fingerprint density at radius 2 is 2.31 bits per heavy atom. The van der Waals surface area contributed by atoms with Crippen LogP contribution in [0.5, 0.6) is 0 Å². The van der Waals surface area contributed by atoms with Gasteiger partial charge in [-0.1, -0.05) is 0 Å². The summed E-state index contributed by atoms with van der Waals surface area (Å²) in [6, 6.07) is 4.04. The molecule has 0 unspecified atom stereocenters. The van der Waals surface area contributed by atoms with Crippen LogP contribution >= 0.6 is 27.7 Å². The average molecular weight is 262 g/mol. The summed E-state index contributed by atoms with van der Waals surface area (Å²) in [5.74, 6) is 0.949. The maximum Gasteiger partial charge on any atom is 0.0964 e. The van der Waals surface area contributed by atoms with E-state index in [1.165, 1.54) is 0 Å². The van der Waals surface area contributed by atoms with Crippen molar-refractivity contribution in [2.45, 2.75) is 11.9 Å². The second kappa shape index (κ2) is 5.62. The van der Waals surface area contributed by atoms with Gasteiger partial charge in [-0.3, -0.25) is 0 Å². The molecule has 0 bridgehead atoms. The lowest BCUT2D eigenvalue weighted by Crippen LogP contribution is -1.93. The molecule has 0 aliphatic heterocycles. The standard InChI is InChI=1S/C9H12BrNOS/c1-7-8(10)3-4-9(11-7)13-6-5-12-2/h3-4H,5-6H2,1-2H3. The highest BCUT2D eigenvalue weighted by Gasteiger charge is 1.99. The van der Waals surface area contributed by atoms with Crippen molar-refractivity contribution >= 4 is 27.7 Å². The number of nitrogens with zero attached hydrogens (tertiary/aromatic N) is 1. The first-order valence-electron chi connectivity index (χ1n) is 3.99. The van der Waals surface area contributed by atoms with Crippen LogP contribution in [0.1, 0.15) is 5.69 Å². The Labute approximate surface area is 91.2 Å². The third-order valence-electron chi connectivity index (χ3n) is 1.53. The van der Waals surface area contributed by atoms with Crippen LogP contribution in [-0.4, -0.2) is 24.5 Å². The molecule has 0 amide bonds. The first kappa shape index (κ1) is 11.0. The number of methoxy groups -OCH3 is 1. The van der Waals surface area contributed by atoms with Crippen molar-refractivity contribution < 1.29 is 4.74 Å². The number of pyridine rings is 1. The Bertz CT molecular complexity index is 280. The minimum absolute atomic E-state index is 0.765. The van der Waals surface area contributed by atoms with Crippen LogP contribution in [0.3, 0.4) is 0 Å². The number of hydrogen-bond acceptors (Lipinski definition) is 3. The third-order valence-corrected chi connectivity index (χ3v) is 3.27. The van der Waals surface area contributed by atoms with E-state index in [-0.39, 0.29) is 0 Å². The molecule has 0 spiro atoms. The van der Waals surface area contributed by atoms with Crippen LogP contribution in [0.25, 0.3) is 0 Å². The lowest BCUT2D eigenvalue weighted by Gasteiger charge is -2.02. The zero-order valence-corrected chi connectivity index (χ0v) is 10.1. The molecule has 1 rings (SSSR count). The van der Waals surface area contributed by atoms with Gasteiger partial charge in [0, 0.05) is 17.3 Å². The highest BCUT2D eigenvalue weighted by atomic mass is 79.9. The van der Waals surface area contributed by atoms with E-state index in [1.807, 2.05) is 19.1 Å². The largest absolute Gasteiger partial charge is 0.384 e. The molecule has 0 aliphatic rings. The predicted octanol–water partition coefficient (Wildman–Crippen LogP) is 2.89. The van der Waals surface area contributed by atoms with Gasteiger partial charge < -0.3 is 4.74 Å². The molecule has 1 heterocycles. The zero-order chi connectivity index (χ0) is 9.68. The van der Waals surface area contributed by atoms with E-state index < -0.39 is 0 Å². The maximum absolute atomic E-state index is 4.96. The van der Waals surface area contributed by atoms with Gasteiger partial charge in [0.1, 0.15) is 0 Å².